The van der Waals surface area contributed by atoms with Gasteiger partial charge in [-0.05, 0) is 37.8 Å². The molecule has 1 aliphatic rings. The first-order valence-electron chi connectivity index (χ1n) is 8.54. The summed E-state index contributed by atoms with van der Waals surface area (Å²) < 4.78 is 11.0. The fourth-order valence-corrected chi connectivity index (χ4v) is 2.62. The first kappa shape index (κ1) is 21.0. The van der Waals surface area contributed by atoms with E-state index in [1.54, 1.807) is 6.26 Å². The number of ether oxygens (including phenoxy) is 1. The van der Waals surface area contributed by atoms with Crippen LogP contribution in [0.2, 0.25) is 0 Å². The molecule has 1 aliphatic heterocycles. The third-order valence-corrected chi connectivity index (χ3v) is 3.97. The molecular weight excluding hydrogens is 417 g/mol. The van der Waals surface area contributed by atoms with E-state index in [1.807, 2.05) is 18.2 Å². The summed E-state index contributed by atoms with van der Waals surface area (Å²) in [5.41, 5.74) is 0. The minimum Gasteiger partial charge on any atom is -0.469 e. The zero-order valence-corrected chi connectivity index (χ0v) is 16.9. The van der Waals surface area contributed by atoms with Gasteiger partial charge in [0.15, 0.2) is 5.96 Å². The summed E-state index contributed by atoms with van der Waals surface area (Å²) in [5.74, 6) is 1.93. The van der Waals surface area contributed by atoms with Crippen LogP contribution >= 0.6 is 24.0 Å². The lowest BCUT2D eigenvalue weighted by molar-refractivity contribution is 0.117. The van der Waals surface area contributed by atoms with Crippen LogP contribution in [0.25, 0.3) is 0 Å². The SMILES string of the molecule is C=CCCCN(C)C(=NCC1CCCO1)NCCc1ccco1.I. The Morgan fingerprint density at radius 3 is 3.08 bits per heavy atom. The summed E-state index contributed by atoms with van der Waals surface area (Å²) in [5, 5.41) is 3.44. The van der Waals surface area contributed by atoms with Crippen LogP contribution in [0.15, 0.2) is 40.5 Å². The molecule has 1 atom stereocenters. The molecule has 136 valence electrons. The predicted molar refractivity (Wildman–Crippen MR) is 109 cm³/mol. The number of unbranched alkanes of at least 4 members (excludes halogenated alkanes) is 1. The summed E-state index contributed by atoms with van der Waals surface area (Å²) in [6.45, 7) is 7.15. The van der Waals surface area contributed by atoms with Gasteiger partial charge in [0, 0.05) is 33.2 Å². The first-order chi connectivity index (χ1) is 11.3. The number of furan rings is 1. The number of nitrogens with one attached hydrogen (secondary N) is 1. The highest BCUT2D eigenvalue weighted by atomic mass is 127. The van der Waals surface area contributed by atoms with E-state index in [1.165, 1.54) is 0 Å². The molecule has 0 aliphatic carbocycles. The van der Waals surface area contributed by atoms with Crippen LogP contribution in [0.1, 0.15) is 31.4 Å². The summed E-state index contributed by atoms with van der Waals surface area (Å²) >= 11 is 0. The standard InChI is InChI=1S/C18H29N3O2.HI/c1-3-4-5-12-21(2)18(20-15-17-9-7-14-23-17)19-11-10-16-8-6-13-22-16;/h3,6,8,13,17H,1,4-5,7,9-12,14-15H2,2H3,(H,19,20);1H. The minimum atomic E-state index is 0. The van der Waals surface area contributed by atoms with E-state index in [0.29, 0.717) is 0 Å². The van der Waals surface area contributed by atoms with E-state index in [2.05, 4.69) is 23.8 Å². The number of aliphatic imine (C=N–C) groups is 1. The third kappa shape index (κ3) is 7.70. The molecule has 1 unspecified atom stereocenters. The fourth-order valence-electron chi connectivity index (χ4n) is 2.62. The van der Waals surface area contributed by atoms with Crippen LogP contribution in [0.4, 0.5) is 0 Å². The first-order valence-corrected chi connectivity index (χ1v) is 8.54. The van der Waals surface area contributed by atoms with Gasteiger partial charge in [-0.15, -0.1) is 30.6 Å². The zero-order chi connectivity index (χ0) is 16.3. The van der Waals surface area contributed by atoms with Crippen LogP contribution in [0, 0.1) is 0 Å². The smallest absolute Gasteiger partial charge is 0.193 e. The van der Waals surface area contributed by atoms with Gasteiger partial charge in [0.1, 0.15) is 5.76 Å². The van der Waals surface area contributed by atoms with Crippen molar-refractivity contribution >= 4 is 29.9 Å². The molecule has 24 heavy (non-hydrogen) atoms. The quantitative estimate of drug-likeness (QED) is 0.207. The molecule has 0 radical (unpaired) electrons. The van der Waals surface area contributed by atoms with Crippen molar-refractivity contribution in [2.75, 3.05) is 33.3 Å². The van der Waals surface area contributed by atoms with Gasteiger partial charge in [-0.1, -0.05) is 6.08 Å². The molecule has 2 rings (SSSR count). The van der Waals surface area contributed by atoms with Gasteiger partial charge < -0.3 is 19.4 Å². The van der Waals surface area contributed by atoms with Crippen LogP contribution in [-0.2, 0) is 11.2 Å². The molecule has 0 bridgehead atoms. The van der Waals surface area contributed by atoms with E-state index < -0.39 is 0 Å². The van der Waals surface area contributed by atoms with E-state index in [-0.39, 0.29) is 30.1 Å². The van der Waals surface area contributed by atoms with E-state index in [9.17, 15) is 0 Å². The highest BCUT2D eigenvalue weighted by molar-refractivity contribution is 14.0. The van der Waals surface area contributed by atoms with Crippen molar-refractivity contribution in [2.24, 2.45) is 4.99 Å². The lowest BCUT2D eigenvalue weighted by atomic mass is 10.2. The second-order valence-electron chi connectivity index (χ2n) is 5.91. The average molecular weight is 447 g/mol. The van der Waals surface area contributed by atoms with Gasteiger partial charge >= 0.3 is 0 Å². The molecule has 6 heteroatoms. The van der Waals surface area contributed by atoms with Crippen molar-refractivity contribution in [3.8, 4) is 0 Å². The fraction of sp³-hybridized carbons (Fsp3) is 0.611. The summed E-state index contributed by atoms with van der Waals surface area (Å²) in [6.07, 6.45) is 9.17. The van der Waals surface area contributed by atoms with Crippen LogP contribution in [-0.4, -0.2) is 50.3 Å². The van der Waals surface area contributed by atoms with Crippen molar-refractivity contribution in [1.29, 1.82) is 0 Å². The normalized spacial score (nSPS) is 17.4. The van der Waals surface area contributed by atoms with Gasteiger partial charge in [-0.3, -0.25) is 4.99 Å². The summed E-state index contributed by atoms with van der Waals surface area (Å²) in [6, 6.07) is 3.92. The Balaban J connectivity index is 0.00000288. The highest BCUT2D eigenvalue weighted by Gasteiger charge is 2.15. The number of allylic oxidation sites excluding steroid dienone is 1. The third-order valence-electron chi connectivity index (χ3n) is 3.97. The van der Waals surface area contributed by atoms with E-state index >= 15 is 0 Å². The van der Waals surface area contributed by atoms with Crippen molar-refractivity contribution in [1.82, 2.24) is 10.2 Å². The van der Waals surface area contributed by atoms with Crippen LogP contribution < -0.4 is 5.32 Å². The Morgan fingerprint density at radius 2 is 2.42 bits per heavy atom. The Labute approximate surface area is 162 Å². The van der Waals surface area contributed by atoms with E-state index in [4.69, 9.17) is 14.1 Å². The molecule has 2 heterocycles. The minimum absolute atomic E-state index is 0. The van der Waals surface area contributed by atoms with Gasteiger partial charge in [0.25, 0.3) is 0 Å². The molecule has 1 aromatic heterocycles. The topological polar surface area (TPSA) is 50.0 Å². The molecule has 1 fully saturated rings. The average Bonchev–Trinajstić information content (AvgIpc) is 3.24. The largest absolute Gasteiger partial charge is 0.469 e. The molecule has 0 aromatic carbocycles. The number of hydrogen-bond donors (Lipinski definition) is 1. The Morgan fingerprint density at radius 1 is 1.54 bits per heavy atom. The van der Waals surface area contributed by atoms with Crippen molar-refractivity contribution in [2.45, 2.75) is 38.2 Å². The monoisotopic (exact) mass is 447 g/mol. The number of halogens is 1. The van der Waals surface area contributed by atoms with E-state index in [0.717, 1.165) is 70.1 Å². The second-order valence-corrected chi connectivity index (χ2v) is 5.91. The Kier molecular flexibility index (Phi) is 10.8. The Hall–Kier alpha value is -1.02. The molecule has 1 aromatic rings. The molecule has 5 nitrogen and oxygen atoms in total. The number of hydrogen-bond acceptors (Lipinski definition) is 3. The molecule has 0 saturated carbocycles. The predicted octanol–water partition coefficient (Wildman–Crippen LogP) is 3.46. The maximum Gasteiger partial charge on any atom is 0.193 e. The van der Waals surface area contributed by atoms with Gasteiger partial charge in [0.05, 0.1) is 18.9 Å². The van der Waals surface area contributed by atoms with Crippen molar-refractivity contribution in [3.63, 3.8) is 0 Å². The summed E-state index contributed by atoms with van der Waals surface area (Å²) in [4.78, 5) is 6.93. The lowest BCUT2D eigenvalue weighted by Gasteiger charge is -2.22. The maximum absolute atomic E-state index is 5.66. The lowest BCUT2D eigenvalue weighted by Crippen LogP contribution is -2.41. The highest BCUT2D eigenvalue weighted by Crippen LogP contribution is 2.12. The van der Waals surface area contributed by atoms with Gasteiger partial charge in [-0.2, -0.15) is 0 Å². The number of nitrogens with zero attached hydrogens (tertiary/aromatic N) is 2. The molecule has 0 spiro atoms. The van der Waals surface area contributed by atoms with Gasteiger partial charge in [-0.25, -0.2) is 0 Å². The molecule has 1 N–H and O–H groups in total. The second kappa shape index (κ2) is 12.4. The zero-order valence-electron chi connectivity index (χ0n) is 14.6. The van der Waals surface area contributed by atoms with Crippen LogP contribution in [0.3, 0.4) is 0 Å². The molecule has 0 amide bonds. The number of rotatable bonds is 9. The molecule has 1 saturated heterocycles. The Bertz CT molecular complexity index is 471. The summed E-state index contributed by atoms with van der Waals surface area (Å²) in [7, 11) is 2.08. The van der Waals surface area contributed by atoms with Gasteiger partial charge in [0.2, 0.25) is 0 Å². The van der Waals surface area contributed by atoms with Crippen molar-refractivity contribution in [3.05, 3.63) is 36.8 Å². The maximum atomic E-state index is 5.66. The van der Waals surface area contributed by atoms with Crippen molar-refractivity contribution < 1.29 is 9.15 Å². The number of guanidine groups is 1. The molecular formula is C18H30IN3O2. The van der Waals surface area contributed by atoms with Crippen LogP contribution in [0.5, 0.6) is 0 Å².